The van der Waals surface area contributed by atoms with E-state index in [1.54, 1.807) is 6.20 Å². The minimum Gasteiger partial charge on any atom is -0.462 e. The minimum absolute atomic E-state index is 0.0836. The van der Waals surface area contributed by atoms with E-state index in [-0.39, 0.29) is 11.6 Å². The third-order valence-corrected chi connectivity index (χ3v) is 7.04. The van der Waals surface area contributed by atoms with Crippen LogP contribution in [-0.2, 0) is 9.47 Å². The van der Waals surface area contributed by atoms with Gasteiger partial charge in [-0.1, -0.05) is 0 Å². The number of hydrogen-bond acceptors (Lipinski definition) is 5. The highest BCUT2D eigenvalue weighted by atomic mass is 16.5. The third kappa shape index (κ3) is 2.64. The Kier molecular flexibility index (Phi) is 3.93. The number of esters is 1. The predicted octanol–water partition coefficient (Wildman–Crippen LogP) is 3.75. The molecule has 2 unspecified atom stereocenters. The van der Waals surface area contributed by atoms with E-state index >= 15 is 0 Å². The standard InChI is InChI=1S/C21H27N3O3/c1-3-27-20(25)16-11-23-19-15(4-5-22-19)18(16)24-17-13-6-12-7-14(17)10-21(8-12,9-13)26-2/h4-5,11-14,17H,3,6-10H2,1-2H3,(H2,22,23,24)/t12?,13-,14+,17?,21-. The maximum absolute atomic E-state index is 12.5. The molecule has 4 fully saturated rings. The second kappa shape index (κ2) is 6.23. The first kappa shape index (κ1) is 17.0. The summed E-state index contributed by atoms with van der Waals surface area (Å²) < 4.78 is 11.3. The summed E-state index contributed by atoms with van der Waals surface area (Å²) in [6, 6.07) is 2.36. The Morgan fingerprint density at radius 2 is 2.11 bits per heavy atom. The number of aromatic nitrogens is 2. The summed E-state index contributed by atoms with van der Waals surface area (Å²) in [6.45, 7) is 2.19. The second-order valence-electron chi connectivity index (χ2n) is 8.53. The van der Waals surface area contributed by atoms with Gasteiger partial charge in [0.2, 0.25) is 0 Å². The molecule has 2 heterocycles. The van der Waals surface area contributed by atoms with Gasteiger partial charge in [-0.3, -0.25) is 0 Å². The van der Waals surface area contributed by atoms with Gasteiger partial charge in [0.1, 0.15) is 11.2 Å². The highest BCUT2D eigenvalue weighted by molar-refractivity contribution is 6.04. The van der Waals surface area contributed by atoms with Gasteiger partial charge in [-0.05, 0) is 62.8 Å². The van der Waals surface area contributed by atoms with Crippen LogP contribution in [0.15, 0.2) is 18.5 Å². The van der Waals surface area contributed by atoms with Crippen LogP contribution < -0.4 is 5.32 Å². The van der Waals surface area contributed by atoms with Crippen LogP contribution in [-0.4, -0.2) is 41.3 Å². The average molecular weight is 369 g/mol. The number of rotatable bonds is 5. The molecule has 5 atom stereocenters. The first-order valence-corrected chi connectivity index (χ1v) is 10.1. The van der Waals surface area contributed by atoms with Crippen LogP contribution in [0.5, 0.6) is 0 Å². The number of fused-ring (bicyclic) bond motifs is 1. The van der Waals surface area contributed by atoms with E-state index in [0.717, 1.165) is 35.5 Å². The number of H-pyrrole nitrogens is 1. The van der Waals surface area contributed by atoms with Crippen molar-refractivity contribution in [2.75, 3.05) is 19.0 Å². The summed E-state index contributed by atoms with van der Waals surface area (Å²) in [4.78, 5) is 20.1. The van der Waals surface area contributed by atoms with Crippen molar-refractivity contribution in [1.29, 1.82) is 0 Å². The molecule has 0 aromatic carbocycles. The molecular weight excluding hydrogens is 342 g/mol. The molecule has 2 aromatic rings. The zero-order chi connectivity index (χ0) is 18.6. The van der Waals surface area contributed by atoms with Crippen LogP contribution >= 0.6 is 0 Å². The largest absolute Gasteiger partial charge is 0.462 e. The molecule has 2 aromatic heterocycles. The molecule has 0 saturated heterocycles. The maximum atomic E-state index is 12.5. The van der Waals surface area contributed by atoms with E-state index in [1.807, 2.05) is 26.3 Å². The van der Waals surface area contributed by atoms with Crippen molar-refractivity contribution in [3.63, 3.8) is 0 Å². The van der Waals surface area contributed by atoms with E-state index in [2.05, 4.69) is 15.3 Å². The lowest BCUT2D eigenvalue weighted by Gasteiger charge is -2.59. The van der Waals surface area contributed by atoms with Gasteiger partial charge >= 0.3 is 5.97 Å². The van der Waals surface area contributed by atoms with Gasteiger partial charge in [-0.25, -0.2) is 9.78 Å². The van der Waals surface area contributed by atoms with Crippen molar-refractivity contribution in [2.24, 2.45) is 17.8 Å². The second-order valence-corrected chi connectivity index (χ2v) is 8.53. The van der Waals surface area contributed by atoms with Crippen LogP contribution in [0.1, 0.15) is 49.4 Å². The number of nitrogens with zero attached hydrogens (tertiary/aromatic N) is 1. The highest BCUT2D eigenvalue weighted by Gasteiger charge is 2.55. The number of pyridine rings is 1. The number of aromatic amines is 1. The first-order valence-electron chi connectivity index (χ1n) is 10.1. The molecule has 4 aliphatic rings. The normalized spacial score (nSPS) is 34.1. The molecule has 0 amide bonds. The molecule has 4 aliphatic carbocycles. The summed E-state index contributed by atoms with van der Waals surface area (Å²) in [5.74, 6) is 1.66. The van der Waals surface area contributed by atoms with Crippen molar-refractivity contribution in [3.8, 4) is 0 Å². The van der Waals surface area contributed by atoms with Crippen molar-refractivity contribution in [2.45, 2.75) is 50.7 Å². The molecule has 6 rings (SSSR count). The lowest BCUT2D eigenvalue weighted by Crippen LogP contribution is -2.59. The number of anilines is 1. The lowest BCUT2D eigenvalue weighted by molar-refractivity contribution is -0.149. The Balaban J connectivity index is 1.51. The summed E-state index contributed by atoms with van der Waals surface area (Å²) in [5.41, 5.74) is 2.27. The van der Waals surface area contributed by atoms with E-state index < -0.39 is 0 Å². The van der Waals surface area contributed by atoms with E-state index in [1.165, 1.54) is 19.3 Å². The number of nitrogens with one attached hydrogen (secondary N) is 2. The van der Waals surface area contributed by atoms with Gasteiger partial charge in [0.25, 0.3) is 0 Å². The van der Waals surface area contributed by atoms with Crippen LogP contribution in [0.3, 0.4) is 0 Å². The molecular formula is C21H27N3O3. The molecule has 6 nitrogen and oxygen atoms in total. The molecule has 4 bridgehead atoms. The molecule has 6 heteroatoms. The van der Waals surface area contributed by atoms with Gasteiger partial charge in [-0.2, -0.15) is 0 Å². The fourth-order valence-electron chi connectivity index (χ4n) is 6.13. The summed E-state index contributed by atoms with van der Waals surface area (Å²) >= 11 is 0. The monoisotopic (exact) mass is 369 g/mol. The third-order valence-electron chi connectivity index (χ3n) is 7.04. The quantitative estimate of drug-likeness (QED) is 0.785. The summed E-state index contributed by atoms with van der Waals surface area (Å²) in [5, 5.41) is 4.74. The fourth-order valence-corrected chi connectivity index (χ4v) is 6.13. The Labute approximate surface area is 159 Å². The molecule has 2 N–H and O–H groups in total. The average Bonchev–Trinajstić information content (AvgIpc) is 3.13. The number of ether oxygens (including phenoxy) is 2. The molecule has 144 valence electrons. The minimum atomic E-state index is -0.312. The highest BCUT2D eigenvalue weighted by Crippen LogP contribution is 2.57. The van der Waals surface area contributed by atoms with Gasteiger partial charge in [-0.15, -0.1) is 0 Å². The first-order chi connectivity index (χ1) is 13.1. The summed E-state index contributed by atoms with van der Waals surface area (Å²) in [6.07, 6.45) is 9.47. The van der Waals surface area contributed by atoms with Crippen molar-refractivity contribution in [1.82, 2.24) is 9.97 Å². The van der Waals surface area contributed by atoms with Gasteiger partial charge < -0.3 is 19.8 Å². The van der Waals surface area contributed by atoms with Crippen LogP contribution in [0.2, 0.25) is 0 Å². The van der Waals surface area contributed by atoms with E-state index in [4.69, 9.17) is 9.47 Å². The van der Waals surface area contributed by atoms with Gasteiger partial charge in [0.05, 0.1) is 17.9 Å². The molecule has 27 heavy (non-hydrogen) atoms. The number of hydrogen-bond donors (Lipinski definition) is 2. The van der Waals surface area contributed by atoms with Gasteiger partial charge in [0.15, 0.2) is 0 Å². The topological polar surface area (TPSA) is 76.2 Å². The Hall–Kier alpha value is -2.08. The molecule has 0 aliphatic heterocycles. The van der Waals surface area contributed by atoms with Crippen LogP contribution in [0.25, 0.3) is 11.0 Å². The number of carbonyl (C=O) groups is 1. The van der Waals surface area contributed by atoms with Crippen LogP contribution in [0, 0.1) is 17.8 Å². The smallest absolute Gasteiger partial charge is 0.341 e. The SMILES string of the molecule is CCOC(=O)c1cnc2[nH]ccc2c1NC1[C@@H]2CC3C[C@H]1C[C@@](OC)(C3)C2. The van der Waals surface area contributed by atoms with Gasteiger partial charge in [0, 0.05) is 30.9 Å². The molecule has 4 saturated carbocycles. The van der Waals surface area contributed by atoms with Crippen molar-refractivity contribution < 1.29 is 14.3 Å². The van der Waals surface area contributed by atoms with E-state index in [0.29, 0.717) is 30.0 Å². The fraction of sp³-hybridized carbons (Fsp3) is 0.619. The van der Waals surface area contributed by atoms with Crippen molar-refractivity contribution >= 4 is 22.7 Å². The lowest BCUT2D eigenvalue weighted by atomic mass is 9.52. The Morgan fingerprint density at radius 1 is 1.33 bits per heavy atom. The number of carbonyl (C=O) groups excluding carboxylic acids is 1. The zero-order valence-corrected chi connectivity index (χ0v) is 16.0. The van der Waals surface area contributed by atoms with Crippen molar-refractivity contribution in [3.05, 3.63) is 24.0 Å². The zero-order valence-electron chi connectivity index (χ0n) is 16.0. The van der Waals surface area contributed by atoms with E-state index in [9.17, 15) is 4.79 Å². The molecule has 0 spiro atoms. The Bertz CT molecular complexity index is 861. The summed E-state index contributed by atoms with van der Waals surface area (Å²) in [7, 11) is 1.88. The predicted molar refractivity (Wildman–Crippen MR) is 103 cm³/mol. The molecule has 0 radical (unpaired) electrons. The van der Waals surface area contributed by atoms with Crippen LogP contribution in [0.4, 0.5) is 5.69 Å². The maximum Gasteiger partial charge on any atom is 0.341 e. The number of methoxy groups -OCH3 is 1. The Morgan fingerprint density at radius 3 is 2.81 bits per heavy atom.